The van der Waals surface area contributed by atoms with E-state index in [4.69, 9.17) is 20.9 Å². The summed E-state index contributed by atoms with van der Waals surface area (Å²) in [5.74, 6) is 1.04. The first kappa shape index (κ1) is 17.9. The van der Waals surface area contributed by atoms with Gasteiger partial charge in [-0.1, -0.05) is 30.6 Å². The van der Waals surface area contributed by atoms with Gasteiger partial charge >= 0.3 is 0 Å². The lowest BCUT2D eigenvalue weighted by Gasteiger charge is -2.52. The van der Waals surface area contributed by atoms with Crippen molar-refractivity contribution >= 4 is 17.5 Å². The number of pyridine rings is 1. The number of hydrogen-bond donors (Lipinski definition) is 1. The lowest BCUT2D eigenvalue weighted by atomic mass is 9.57. The molecular formula is C18H22ClN3O3. The van der Waals surface area contributed by atoms with Gasteiger partial charge in [-0.2, -0.15) is 0 Å². The number of carbonyl (C=O) groups excluding carboxylic acids is 1. The molecular weight excluding hydrogens is 342 g/mol. The summed E-state index contributed by atoms with van der Waals surface area (Å²) < 4.78 is 10.3. The van der Waals surface area contributed by atoms with Crippen molar-refractivity contribution in [1.82, 2.24) is 15.5 Å². The Hall–Kier alpha value is -1.92. The van der Waals surface area contributed by atoms with Gasteiger partial charge in [-0.05, 0) is 36.3 Å². The third-order valence-electron chi connectivity index (χ3n) is 5.11. The van der Waals surface area contributed by atoms with Crippen LogP contribution in [0.15, 0.2) is 28.9 Å². The van der Waals surface area contributed by atoms with Crippen LogP contribution in [0.3, 0.4) is 0 Å². The fraction of sp³-hybridized carbons (Fsp3) is 0.500. The van der Waals surface area contributed by atoms with E-state index in [-0.39, 0.29) is 17.4 Å². The SMILES string of the molecule is COCc1cc(CC2CC(NC(=O)c3ccnc(Cl)c3)C2(C)C)no1. The number of methoxy groups -OCH3 is 1. The maximum absolute atomic E-state index is 12.4. The molecule has 0 saturated heterocycles. The molecule has 134 valence electrons. The van der Waals surface area contributed by atoms with Crippen LogP contribution in [-0.4, -0.2) is 29.2 Å². The zero-order valence-corrected chi connectivity index (χ0v) is 15.3. The highest BCUT2D eigenvalue weighted by Gasteiger charge is 2.48. The van der Waals surface area contributed by atoms with Crippen molar-refractivity contribution in [3.8, 4) is 0 Å². The third-order valence-corrected chi connectivity index (χ3v) is 5.32. The molecule has 1 N–H and O–H groups in total. The van der Waals surface area contributed by atoms with E-state index in [1.807, 2.05) is 6.07 Å². The Morgan fingerprint density at radius 1 is 1.48 bits per heavy atom. The number of hydrogen-bond acceptors (Lipinski definition) is 5. The summed E-state index contributed by atoms with van der Waals surface area (Å²) >= 11 is 5.85. The van der Waals surface area contributed by atoms with Crippen molar-refractivity contribution < 1.29 is 14.1 Å². The van der Waals surface area contributed by atoms with Crippen LogP contribution >= 0.6 is 11.6 Å². The Bertz CT molecular complexity index is 760. The molecule has 25 heavy (non-hydrogen) atoms. The molecule has 6 nitrogen and oxygen atoms in total. The minimum Gasteiger partial charge on any atom is -0.377 e. The molecule has 2 unspecified atom stereocenters. The first-order valence-electron chi connectivity index (χ1n) is 8.26. The van der Waals surface area contributed by atoms with Crippen LogP contribution in [0.1, 0.15) is 42.1 Å². The molecule has 0 aliphatic heterocycles. The second-order valence-corrected chi connectivity index (χ2v) is 7.46. The molecule has 1 amide bonds. The summed E-state index contributed by atoms with van der Waals surface area (Å²) in [5, 5.41) is 7.52. The van der Waals surface area contributed by atoms with Gasteiger partial charge in [-0.15, -0.1) is 0 Å². The summed E-state index contributed by atoms with van der Waals surface area (Å²) in [6.07, 6.45) is 3.27. The lowest BCUT2D eigenvalue weighted by Crippen LogP contribution is -2.58. The van der Waals surface area contributed by atoms with Gasteiger partial charge < -0.3 is 14.6 Å². The average Bonchev–Trinajstić information content (AvgIpc) is 3.01. The molecule has 1 fully saturated rings. The maximum Gasteiger partial charge on any atom is 0.251 e. The molecule has 2 aromatic rings. The van der Waals surface area contributed by atoms with E-state index >= 15 is 0 Å². The van der Waals surface area contributed by atoms with Crippen molar-refractivity contribution in [3.05, 3.63) is 46.6 Å². The van der Waals surface area contributed by atoms with Crippen molar-refractivity contribution in [2.45, 2.75) is 39.3 Å². The van der Waals surface area contributed by atoms with Crippen molar-refractivity contribution in [3.63, 3.8) is 0 Å². The molecule has 1 aliphatic carbocycles. The molecule has 0 bridgehead atoms. The molecule has 2 atom stereocenters. The third kappa shape index (κ3) is 3.85. The summed E-state index contributed by atoms with van der Waals surface area (Å²) in [5.41, 5.74) is 1.43. The Labute approximate surface area is 151 Å². The first-order chi connectivity index (χ1) is 11.9. The molecule has 7 heteroatoms. The van der Waals surface area contributed by atoms with E-state index in [1.54, 1.807) is 19.2 Å². The van der Waals surface area contributed by atoms with Gasteiger partial charge in [0.2, 0.25) is 0 Å². The Morgan fingerprint density at radius 3 is 2.96 bits per heavy atom. The molecule has 0 aromatic carbocycles. The minimum atomic E-state index is -0.121. The van der Waals surface area contributed by atoms with Crippen molar-refractivity contribution in [1.29, 1.82) is 0 Å². The predicted molar refractivity (Wildman–Crippen MR) is 93.3 cm³/mol. The highest BCUT2D eigenvalue weighted by molar-refractivity contribution is 6.29. The van der Waals surface area contributed by atoms with Crippen LogP contribution in [0.5, 0.6) is 0 Å². The van der Waals surface area contributed by atoms with Crippen molar-refractivity contribution in [2.24, 2.45) is 11.3 Å². The van der Waals surface area contributed by atoms with E-state index < -0.39 is 0 Å². The molecule has 2 aromatic heterocycles. The fourth-order valence-electron chi connectivity index (χ4n) is 3.31. The Kier molecular flexibility index (Phi) is 5.11. The van der Waals surface area contributed by atoms with Crippen LogP contribution in [0.4, 0.5) is 0 Å². The van der Waals surface area contributed by atoms with Gasteiger partial charge in [0.15, 0.2) is 5.76 Å². The van der Waals surface area contributed by atoms with E-state index in [2.05, 4.69) is 29.3 Å². The largest absolute Gasteiger partial charge is 0.377 e. The Balaban J connectivity index is 1.58. The van der Waals surface area contributed by atoms with Crippen LogP contribution in [-0.2, 0) is 17.8 Å². The maximum atomic E-state index is 12.4. The number of ether oxygens (including phenoxy) is 1. The van der Waals surface area contributed by atoms with Gasteiger partial charge in [-0.3, -0.25) is 4.79 Å². The number of rotatable bonds is 6. The van der Waals surface area contributed by atoms with Crippen LogP contribution in [0.2, 0.25) is 5.15 Å². The summed E-state index contributed by atoms with van der Waals surface area (Å²) in [6.45, 7) is 4.76. The lowest BCUT2D eigenvalue weighted by molar-refractivity contribution is 0.0138. The van der Waals surface area contributed by atoms with Gasteiger partial charge in [0.05, 0.1) is 5.69 Å². The molecule has 0 radical (unpaired) electrons. The summed E-state index contributed by atoms with van der Waals surface area (Å²) in [6, 6.07) is 5.29. The van der Waals surface area contributed by atoms with E-state index in [0.717, 1.165) is 24.3 Å². The van der Waals surface area contributed by atoms with Crippen LogP contribution in [0, 0.1) is 11.3 Å². The number of nitrogens with zero attached hydrogens (tertiary/aromatic N) is 2. The normalized spacial score (nSPS) is 21.6. The van der Waals surface area contributed by atoms with Gasteiger partial charge in [0.25, 0.3) is 5.91 Å². The number of amides is 1. The van der Waals surface area contributed by atoms with E-state index in [9.17, 15) is 4.79 Å². The first-order valence-corrected chi connectivity index (χ1v) is 8.63. The molecule has 1 saturated carbocycles. The second kappa shape index (κ2) is 7.14. The van der Waals surface area contributed by atoms with Gasteiger partial charge in [0, 0.05) is 31.0 Å². The number of aromatic nitrogens is 2. The quantitative estimate of drug-likeness (QED) is 0.797. The van der Waals surface area contributed by atoms with Crippen LogP contribution in [0.25, 0.3) is 0 Å². The van der Waals surface area contributed by atoms with E-state index in [0.29, 0.717) is 23.2 Å². The number of halogens is 1. The molecule has 0 spiro atoms. The zero-order chi connectivity index (χ0) is 18.0. The second-order valence-electron chi connectivity index (χ2n) is 7.07. The average molecular weight is 364 g/mol. The summed E-state index contributed by atoms with van der Waals surface area (Å²) in [4.78, 5) is 16.3. The predicted octanol–water partition coefficient (Wildman–Crippen LogP) is 3.26. The number of carbonyl (C=O) groups is 1. The summed E-state index contributed by atoms with van der Waals surface area (Å²) in [7, 11) is 1.63. The topological polar surface area (TPSA) is 77.2 Å². The fourth-order valence-corrected chi connectivity index (χ4v) is 3.48. The molecule has 3 rings (SSSR count). The zero-order valence-electron chi connectivity index (χ0n) is 14.6. The van der Waals surface area contributed by atoms with Gasteiger partial charge in [-0.25, -0.2) is 4.98 Å². The standard InChI is InChI=1S/C18H22ClN3O3/c1-18(2)12(7-13-9-14(10-24-3)25-22-13)8-15(18)21-17(23)11-4-5-20-16(19)6-11/h4-6,9,12,15H,7-8,10H2,1-3H3,(H,21,23). The monoisotopic (exact) mass is 363 g/mol. The minimum absolute atomic E-state index is 0.0210. The van der Waals surface area contributed by atoms with Gasteiger partial charge in [0.1, 0.15) is 11.8 Å². The molecule has 2 heterocycles. The number of nitrogens with one attached hydrogen (secondary N) is 1. The molecule has 1 aliphatic rings. The van der Waals surface area contributed by atoms with Crippen LogP contribution < -0.4 is 5.32 Å². The van der Waals surface area contributed by atoms with E-state index in [1.165, 1.54) is 6.20 Å². The highest BCUT2D eigenvalue weighted by atomic mass is 35.5. The highest BCUT2D eigenvalue weighted by Crippen LogP contribution is 2.47. The van der Waals surface area contributed by atoms with Crippen molar-refractivity contribution in [2.75, 3.05) is 7.11 Å². The Morgan fingerprint density at radius 2 is 2.28 bits per heavy atom. The smallest absolute Gasteiger partial charge is 0.251 e.